The molecule has 2 saturated carbocycles. The fraction of sp³-hybridized carbons (Fsp3) is 0.640. The maximum Gasteiger partial charge on any atom is 0.270 e. The molecule has 0 unspecified atom stereocenters. The number of hydrogen-bond donors (Lipinski definition) is 2. The molecule has 2 aromatic carbocycles. The summed E-state index contributed by atoms with van der Waals surface area (Å²) in [6.45, 7) is 19.8. The van der Waals surface area contributed by atoms with E-state index in [4.69, 9.17) is 21.1 Å². The summed E-state index contributed by atoms with van der Waals surface area (Å²) in [5, 5.41) is 5.94. The molecule has 2 fully saturated rings. The van der Waals surface area contributed by atoms with Gasteiger partial charge in [-0.1, -0.05) is 64.0 Å². The topological polar surface area (TPSA) is 158 Å². The Kier molecular flexibility index (Phi) is 17.4. The van der Waals surface area contributed by atoms with Crippen molar-refractivity contribution in [3.63, 3.8) is 0 Å². The Balaban J connectivity index is 0.000000244. The minimum absolute atomic E-state index is 0.00813. The molecule has 0 radical (unpaired) electrons. The first-order valence-corrected chi connectivity index (χ1v) is 24.3. The Labute approximate surface area is 391 Å². The summed E-state index contributed by atoms with van der Waals surface area (Å²) >= 11 is 6.60. The van der Waals surface area contributed by atoms with Crippen molar-refractivity contribution >= 4 is 58.4 Å². The van der Waals surface area contributed by atoms with Gasteiger partial charge < -0.3 is 39.7 Å². The average molecular weight is 922 g/mol. The highest BCUT2D eigenvalue weighted by Gasteiger charge is 2.43. The van der Waals surface area contributed by atoms with Crippen molar-refractivity contribution in [2.75, 3.05) is 36.0 Å². The van der Waals surface area contributed by atoms with Gasteiger partial charge in [-0.15, -0.1) is 0 Å². The molecular weight excluding hydrogens is 848 g/mol. The minimum atomic E-state index is -1.08. The highest BCUT2D eigenvalue weighted by molar-refractivity contribution is 6.34. The number of carbonyl (C=O) groups excluding carboxylic acids is 6. The Morgan fingerprint density at radius 1 is 0.662 bits per heavy atom. The van der Waals surface area contributed by atoms with E-state index in [1.165, 1.54) is 12.8 Å². The molecule has 358 valence electrons. The summed E-state index contributed by atoms with van der Waals surface area (Å²) in [4.78, 5) is 84.0. The molecule has 4 aliphatic rings. The van der Waals surface area contributed by atoms with Gasteiger partial charge in [-0.05, 0) is 105 Å². The van der Waals surface area contributed by atoms with E-state index in [1.54, 1.807) is 81.7 Å². The van der Waals surface area contributed by atoms with Crippen LogP contribution in [-0.4, -0.2) is 107 Å². The lowest BCUT2D eigenvalue weighted by Gasteiger charge is -2.40. The van der Waals surface area contributed by atoms with Crippen LogP contribution >= 0.6 is 11.6 Å². The van der Waals surface area contributed by atoms with E-state index in [2.05, 4.69) is 24.5 Å². The van der Waals surface area contributed by atoms with Crippen LogP contribution in [0.25, 0.3) is 0 Å². The first-order chi connectivity index (χ1) is 30.7. The maximum atomic E-state index is 13.7. The maximum absolute atomic E-state index is 13.7. The number of benzene rings is 2. The standard InChI is InChI=1S/C25H36ClN3O4.C25H37N3O4/c1-6-22(30)27-12-13-28-20-14-18(19(26)15-21(20)33-25(4,5)24(28)32)23(31)29(16(2)3)17-10-8-7-9-11-17;1-6-22(29)26-14-15-27-20-16-18(12-13-21(20)32-25(4,5)24(27)31)23(30)28(17(2)3)19-10-8-7-9-11-19/h14-17H,6-13H2,1-5H3,(H,27,30);12-13,16-17,19H,6-11,14-15H2,1-5H3,(H,26,29). The van der Waals surface area contributed by atoms with Crippen LogP contribution in [0.3, 0.4) is 0 Å². The molecule has 0 atom stereocenters. The monoisotopic (exact) mass is 921 g/mol. The third-order valence-corrected chi connectivity index (χ3v) is 13.1. The average Bonchev–Trinajstić information content (AvgIpc) is 3.26. The van der Waals surface area contributed by atoms with Crippen LogP contribution < -0.4 is 29.9 Å². The SMILES string of the molecule is CCC(=O)NCCN1C(=O)C(C)(C)Oc2cc(Cl)c(C(=O)N(C(C)C)C3CCCCC3)cc21.CCC(=O)NCCN1C(=O)C(C)(C)Oc2ccc(C(=O)N(C(C)C)C3CCCCC3)cc21. The zero-order valence-corrected chi connectivity index (χ0v) is 41.2. The van der Waals surface area contributed by atoms with E-state index >= 15 is 0 Å². The van der Waals surface area contributed by atoms with E-state index in [0.717, 1.165) is 51.4 Å². The molecule has 2 aliphatic heterocycles. The molecule has 14 nitrogen and oxygen atoms in total. The molecule has 0 bridgehead atoms. The molecule has 65 heavy (non-hydrogen) atoms. The number of rotatable bonds is 14. The highest BCUT2D eigenvalue weighted by atomic mass is 35.5. The van der Waals surface area contributed by atoms with Crippen LogP contribution in [0.15, 0.2) is 30.3 Å². The molecule has 0 spiro atoms. The van der Waals surface area contributed by atoms with Crippen LogP contribution in [0.4, 0.5) is 11.4 Å². The molecule has 0 aromatic heterocycles. The van der Waals surface area contributed by atoms with Gasteiger partial charge in [-0.3, -0.25) is 28.8 Å². The number of fused-ring (bicyclic) bond motifs is 2. The number of nitrogens with one attached hydrogen (secondary N) is 2. The Bertz CT molecular complexity index is 2060. The Hall–Kier alpha value is -4.85. The zero-order valence-electron chi connectivity index (χ0n) is 40.4. The van der Waals surface area contributed by atoms with Gasteiger partial charge in [0.05, 0.1) is 22.0 Å². The lowest BCUT2D eigenvalue weighted by atomic mass is 9.92. The number of nitrogens with zero attached hydrogens (tertiary/aromatic N) is 4. The number of amides is 6. The van der Waals surface area contributed by atoms with E-state index in [9.17, 15) is 28.8 Å². The normalized spacial score (nSPS) is 18.1. The third-order valence-electron chi connectivity index (χ3n) is 12.8. The molecule has 2 aromatic rings. The summed E-state index contributed by atoms with van der Waals surface area (Å²) in [6.07, 6.45) is 11.8. The molecular formula is C50H73ClN6O8. The lowest BCUT2D eigenvalue weighted by molar-refractivity contribution is -0.133. The third kappa shape index (κ3) is 12.1. The first-order valence-electron chi connectivity index (χ1n) is 23.9. The van der Waals surface area contributed by atoms with E-state index in [1.807, 2.05) is 23.6 Å². The van der Waals surface area contributed by atoms with Gasteiger partial charge >= 0.3 is 0 Å². The van der Waals surface area contributed by atoms with Gasteiger partial charge in [-0.25, -0.2) is 0 Å². The van der Waals surface area contributed by atoms with Crippen LogP contribution in [0.1, 0.15) is 167 Å². The number of halogens is 1. The molecule has 2 aliphatic carbocycles. The van der Waals surface area contributed by atoms with E-state index < -0.39 is 11.2 Å². The molecule has 0 saturated heterocycles. The van der Waals surface area contributed by atoms with Gasteiger partial charge in [0.15, 0.2) is 11.2 Å². The van der Waals surface area contributed by atoms with E-state index in [0.29, 0.717) is 71.5 Å². The van der Waals surface area contributed by atoms with Crippen LogP contribution in [0.2, 0.25) is 5.02 Å². The fourth-order valence-electron chi connectivity index (χ4n) is 9.41. The second kappa shape index (κ2) is 22.1. The Morgan fingerprint density at radius 2 is 1.09 bits per heavy atom. The van der Waals surface area contributed by atoms with Gasteiger partial charge in [-0.2, -0.15) is 0 Å². The Morgan fingerprint density at radius 3 is 1.54 bits per heavy atom. The van der Waals surface area contributed by atoms with Gasteiger partial charge in [0.25, 0.3) is 23.6 Å². The van der Waals surface area contributed by atoms with Gasteiger partial charge in [0, 0.05) is 74.8 Å². The number of hydrogen-bond acceptors (Lipinski definition) is 8. The molecule has 6 amide bonds. The quantitative estimate of drug-likeness (QED) is 0.191. The highest BCUT2D eigenvalue weighted by Crippen LogP contribution is 2.42. The smallest absolute Gasteiger partial charge is 0.270 e. The summed E-state index contributed by atoms with van der Waals surface area (Å²) in [7, 11) is 0. The summed E-state index contributed by atoms with van der Waals surface area (Å²) < 4.78 is 11.9. The zero-order chi connectivity index (χ0) is 47.8. The summed E-state index contributed by atoms with van der Waals surface area (Å²) in [5.41, 5.74) is -0.0826. The minimum Gasteiger partial charge on any atom is -0.476 e. The molecule has 2 heterocycles. The van der Waals surface area contributed by atoms with Gasteiger partial charge in [0.1, 0.15) is 11.5 Å². The van der Waals surface area contributed by atoms with Crippen molar-refractivity contribution < 1.29 is 38.2 Å². The predicted molar refractivity (Wildman–Crippen MR) is 255 cm³/mol. The van der Waals surface area contributed by atoms with Crippen LogP contribution in [-0.2, 0) is 19.2 Å². The van der Waals surface area contributed by atoms with Crippen molar-refractivity contribution in [2.45, 2.75) is 182 Å². The van der Waals surface area contributed by atoms with Gasteiger partial charge in [0.2, 0.25) is 11.8 Å². The summed E-state index contributed by atoms with van der Waals surface area (Å²) in [5.74, 6) is 0.338. The number of ether oxygens (including phenoxy) is 2. The van der Waals surface area contributed by atoms with Crippen LogP contribution in [0.5, 0.6) is 11.5 Å². The van der Waals surface area contributed by atoms with Crippen molar-refractivity contribution in [2.24, 2.45) is 0 Å². The lowest BCUT2D eigenvalue weighted by Crippen LogP contribution is -2.54. The fourth-order valence-corrected chi connectivity index (χ4v) is 9.65. The van der Waals surface area contributed by atoms with Crippen LogP contribution in [0, 0.1) is 0 Å². The van der Waals surface area contributed by atoms with Crippen molar-refractivity contribution in [1.82, 2.24) is 20.4 Å². The second-order valence-electron chi connectivity index (χ2n) is 19.2. The number of carbonyl (C=O) groups is 6. The largest absolute Gasteiger partial charge is 0.476 e. The predicted octanol–water partition coefficient (Wildman–Crippen LogP) is 8.45. The van der Waals surface area contributed by atoms with Crippen molar-refractivity contribution in [3.8, 4) is 11.5 Å². The summed E-state index contributed by atoms with van der Waals surface area (Å²) in [6, 6.07) is 9.23. The molecule has 15 heteroatoms. The molecule has 6 rings (SSSR count). The second-order valence-corrected chi connectivity index (χ2v) is 19.6. The first kappa shape index (κ1) is 51.1. The molecule has 2 N–H and O–H groups in total. The number of anilines is 2. The van der Waals surface area contributed by atoms with E-state index in [-0.39, 0.29) is 66.2 Å². The van der Waals surface area contributed by atoms with Crippen molar-refractivity contribution in [3.05, 3.63) is 46.5 Å². The van der Waals surface area contributed by atoms with Crippen molar-refractivity contribution in [1.29, 1.82) is 0 Å².